The fraction of sp³-hybridized carbons (Fsp3) is 0.0769. The molecule has 0 aliphatic heterocycles. The molecule has 0 amide bonds. The summed E-state index contributed by atoms with van der Waals surface area (Å²) < 4.78 is 12.8. The van der Waals surface area contributed by atoms with E-state index in [9.17, 15) is 14.3 Å². The van der Waals surface area contributed by atoms with Crippen LogP contribution in [0.2, 0.25) is 0 Å². The summed E-state index contributed by atoms with van der Waals surface area (Å²) in [5.74, 6) is -2.18. The molecule has 0 saturated carbocycles. The van der Waals surface area contributed by atoms with E-state index in [2.05, 4.69) is 4.98 Å². The molecule has 2 aromatic rings. The molecule has 86 valence electrons. The monoisotopic (exact) mass is 231 g/mol. The van der Waals surface area contributed by atoms with Crippen LogP contribution in [-0.4, -0.2) is 16.1 Å². The largest absolute Gasteiger partial charge is 0.481 e. The van der Waals surface area contributed by atoms with Crippen molar-refractivity contribution in [3.8, 4) is 0 Å². The molecule has 17 heavy (non-hydrogen) atoms. The number of pyridine rings is 1. The maximum atomic E-state index is 12.8. The van der Waals surface area contributed by atoms with Crippen LogP contribution in [0, 0.1) is 5.82 Å². The smallest absolute Gasteiger partial charge is 0.315 e. The first-order chi connectivity index (χ1) is 8.18. The minimum atomic E-state index is -0.982. The maximum absolute atomic E-state index is 12.8. The molecule has 0 spiro atoms. The standard InChI is InChI=1S/C13H10FNO2/c14-11-5-3-9(4-6-11)12(13(16)17)10-2-1-7-15-8-10/h1-8,12H,(H,16,17). The van der Waals surface area contributed by atoms with Crippen molar-refractivity contribution in [2.75, 3.05) is 0 Å². The van der Waals surface area contributed by atoms with Crippen LogP contribution in [0.4, 0.5) is 4.39 Å². The quantitative estimate of drug-likeness (QED) is 0.882. The zero-order chi connectivity index (χ0) is 12.3. The number of nitrogens with zero attached hydrogens (tertiary/aromatic N) is 1. The van der Waals surface area contributed by atoms with Gasteiger partial charge in [-0.25, -0.2) is 4.39 Å². The average molecular weight is 231 g/mol. The molecule has 3 nitrogen and oxygen atoms in total. The van der Waals surface area contributed by atoms with Crippen LogP contribution in [0.25, 0.3) is 0 Å². The summed E-state index contributed by atoms with van der Waals surface area (Å²) in [5.41, 5.74) is 1.11. The van der Waals surface area contributed by atoms with Crippen LogP contribution >= 0.6 is 0 Å². The highest BCUT2D eigenvalue weighted by Crippen LogP contribution is 2.24. The molecule has 0 aliphatic carbocycles. The van der Waals surface area contributed by atoms with Gasteiger partial charge in [0.1, 0.15) is 11.7 Å². The zero-order valence-corrected chi connectivity index (χ0v) is 8.88. The van der Waals surface area contributed by atoms with Gasteiger partial charge >= 0.3 is 5.97 Å². The molecule has 1 unspecified atom stereocenters. The van der Waals surface area contributed by atoms with Crippen LogP contribution in [0.15, 0.2) is 48.8 Å². The van der Waals surface area contributed by atoms with E-state index >= 15 is 0 Å². The number of hydrogen-bond donors (Lipinski definition) is 1. The molecule has 0 bridgehead atoms. The molecular formula is C13H10FNO2. The number of hydrogen-bond acceptors (Lipinski definition) is 2. The van der Waals surface area contributed by atoms with Gasteiger partial charge in [0.05, 0.1) is 0 Å². The van der Waals surface area contributed by atoms with Gasteiger partial charge in [-0.05, 0) is 29.3 Å². The Morgan fingerprint density at radius 2 is 1.88 bits per heavy atom. The van der Waals surface area contributed by atoms with Crippen molar-refractivity contribution < 1.29 is 14.3 Å². The number of carbonyl (C=O) groups is 1. The summed E-state index contributed by atoms with van der Waals surface area (Å²) in [6.45, 7) is 0. The van der Waals surface area contributed by atoms with Crippen LogP contribution < -0.4 is 0 Å². The molecule has 2 rings (SSSR count). The Morgan fingerprint density at radius 3 is 2.41 bits per heavy atom. The van der Waals surface area contributed by atoms with E-state index in [-0.39, 0.29) is 5.82 Å². The summed E-state index contributed by atoms with van der Waals surface area (Å²) in [4.78, 5) is 15.2. The lowest BCUT2D eigenvalue weighted by molar-refractivity contribution is -0.137. The first-order valence-electron chi connectivity index (χ1n) is 5.06. The van der Waals surface area contributed by atoms with Gasteiger partial charge in [0.25, 0.3) is 0 Å². The van der Waals surface area contributed by atoms with E-state index in [0.717, 1.165) is 0 Å². The highest BCUT2D eigenvalue weighted by Gasteiger charge is 2.21. The number of rotatable bonds is 3. The van der Waals surface area contributed by atoms with Crippen LogP contribution in [-0.2, 0) is 4.79 Å². The van der Waals surface area contributed by atoms with Gasteiger partial charge in [-0.15, -0.1) is 0 Å². The third-order valence-corrected chi connectivity index (χ3v) is 2.47. The van der Waals surface area contributed by atoms with E-state index in [4.69, 9.17) is 0 Å². The maximum Gasteiger partial charge on any atom is 0.315 e. The van der Waals surface area contributed by atoms with Crippen LogP contribution in [0.3, 0.4) is 0 Å². The number of carboxylic acids is 1. The molecule has 0 radical (unpaired) electrons. The van der Waals surface area contributed by atoms with Crippen molar-refractivity contribution in [2.24, 2.45) is 0 Å². The number of halogens is 1. The normalized spacial score (nSPS) is 12.1. The lowest BCUT2D eigenvalue weighted by Gasteiger charge is -2.12. The molecule has 1 N–H and O–H groups in total. The van der Waals surface area contributed by atoms with Gasteiger partial charge in [-0.3, -0.25) is 9.78 Å². The minimum absolute atomic E-state index is 0.385. The fourth-order valence-electron chi connectivity index (χ4n) is 1.68. The molecule has 1 atom stereocenters. The number of aliphatic carboxylic acids is 1. The van der Waals surface area contributed by atoms with E-state index < -0.39 is 11.9 Å². The van der Waals surface area contributed by atoms with Crippen molar-refractivity contribution >= 4 is 5.97 Å². The predicted molar refractivity (Wildman–Crippen MR) is 60.1 cm³/mol. The number of carboxylic acid groups (broad SMARTS) is 1. The molecule has 4 heteroatoms. The first-order valence-corrected chi connectivity index (χ1v) is 5.06. The first kappa shape index (κ1) is 11.3. The molecule has 1 aromatic heterocycles. The minimum Gasteiger partial charge on any atom is -0.481 e. The van der Waals surface area contributed by atoms with Gasteiger partial charge in [-0.2, -0.15) is 0 Å². The van der Waals surface area contributed by atoms with Crippen LogP contribution in [0.5, 0.6) is 0 Å². The second-order valence-electron chi connectivity index (χ2n) is 3.61. The Labute approximate surface area is 97.6 Å². The Bertz CT molecular complexity index is 511. The van der Waals surface area contributed by atoms with Gasteiger partial charge in [0.2, 0.25) is 0 Å². The topological polar surface area (TPSA) is 50.2 Å². The zero-order valence-electron chi connectivity index (χ0n) is 8.88. The Morgan fingerprint density at radius 1 is 1.18 bits per heavy atom. The third-order valence-electron chi connectivity index (χ3n) is 2.47. The van der Waals surface area contributed by atoms with Crippen LogP contribution in [0.1, 0.15) is 17.0 Å². The molecule has 0 saturated heterocycles. The van der Waals surface area contributed by atoms with Crippen molar-refractivity contribution in [3.05, 3.63) is 65.7 Å². The summed E-state index contributed by atoms with van der Waals surface area (Å²) in [7, 11) is 0. The lowest BCUT2D eigenvalue weighted by atomic mass is 9.93. The second kappa shape index (κ2) is 4.74. The highest BCUT2D eigenvalue weighted by molar-refractivity contribution is 5.80. The van der Waals surface area contributed by atoms with E-state index in [0.29, 0.717) is 11.1 Å². The van der Waals surface area contributed by atoms with E-state index in [1.54, 1.807) is 18.3 Å². The lowest BCUT2D eigenvalue weighted by Crippen LogP contribution is -2.13. The molecule has 0 fully saturated rings. The van der Waals surface area contributed by atoms with E-state index in [1.807, 2.05) is 0 Å². The highest BCUT2D eigenvalue weighted by atomic mass is 19.1. The second-order valence-corrected chi connectivity index (χ2v) is 3.61. The third kappa shape index (κ3) is 2.47. The fourth-order valence-corrected chi connectivity index (χ4v) is 1.68. The Kier molecular flexibility index (Phi) is 3.14. The molecule has 0 aliphatic rings. The van der Waals surface area contributed by atoms with Crippen molar-refractivity contribution in [3.63, 3.8) is 0 Å². The van der Waals surface area contributed by atoms with Gasteiger partial charge in [-0.1, -0.05) is 18.2 Å². The van der Waals surface area contributed by atoms with Crippen molar-refractivity contribution in [1.82, 2.24) is 4.98 Å². The summed E-state index contributed by atoms with van der Waals surface area (Å²) in [6.07, 6.45) is 3.08. The SMILES string of the molecule is O=C(O)C(c1ccc(F)cc1)c1cccnc1. The summed E-state index contributed by atoms with van der Waals surface area (Å²) >= 11 is 0. The predicted octanol–water partition coefficient (Wildman–Crippen LogP) is 2.44. The van der Waals surface area contributed by atoms with Gasteiger partial charge in [0, 0.05) is 12.4 Å². The molecule has 1 aromatic carbocycles. The summed E-state index contributed by atoms with van der Waals surface area (Å²) in [5, 5.41) is 9.23. The van der Waals surface area contributed by atoms with Gasteiger partial charge < -0.3 is 5.11 Å². The van der Waals surface area contributed by atoms with Gasteiger partial charge in [0.15, 0.2) is 0 Å². The van der Waals surface area contributed by atoms with Crippen molar-refractivity contribution in [1.29, 1.82) is 0 Å². The van der Waals surface area contributed by atoms with Crippen molar-refractivity contribution in [2.45, 2.75) is 5.92 Å². The molecule has 1 heterocycles. The Balaban J connectivity index is 2.43. The number of aromatic nitrogens is 1. The number of benzene rings is 1. The van der Waals surface area contributed by atoms with E-state index in [1.165, 1.54) is 30.5 Å². The average Bonchev–Trinajstić information content (AvgIpc) is 2.33. The Hall–Kier alpha value is -2.23. The summed E-state index contributed by atoms with van der Waals surface area (Å²) in [6, 6.07) is 8.81. The molecular weight excluding hydrogens is 221 g/mol.